The molecule has 2 amide bonds. The molecule has 1 aromatic heterocycles. The van der Waals surface area contributed by atoms with Crippen molar-refractivity contribution < 1.29 is 9.59 Å². The van der Waals surface area contributed by atoms with Crippen molar-refractivity contribution in [3.8, 4) is 0 Å². The molecular weight excluding hydrogens is 334 g/mol. The first-order chi connectivity index (χ1) is 12.0. The number of hydrogen-bond acceptors (Lipinski definition) is 4. The third-order valence-corrected chi connectivity index (χ3v) is 5.26. The normalized spacial score (nSPS) is 14.2. The van der Waals surface area contributed by atoms with Crippen molar-refractivity contribution in [3.63, 3.8) is 0 Å². The summed E-state index contributed by atoms with van der Waals surface area (Å²) in [5.74, 6) is -0.733. The Kier molecular flexibility index (Phi) is 5.19. The van der Waals surface area contributed by atoms with Gasteiger partial charge in [0.2, 0.25) is 11.8 Å². The predicted molar refractivity (Wildman–Crippen MR) is 103 cm³/mol. The number of aryl methyl sites for hydroxylation is 1. The molecule has 130 valence electrons. The van der Waals surface area contributed by atoms with Gasteiger partial charge in [0.15, 0.2) is 0 Å². The number of anilines is 2. The number of nitrogens with zero attached hydrogens (tertiary/aromatic N) is 1. The third kappa shape index (κ3) is 4.09. The smallest absolute Gasteiger partial charge is 0.248 e. The van der Waals surface area contributed by atoms with Crippen molar-refractivity contribution >= 4 is 40.6 Å². The number of thiophene rings is 1. The van der Waals surface area contributed by atoms with E-state index in [4.69, 9.17) is 5.73 Å². The summed E-state index contributed by atoms with van der Waals surface area (Å²) in [4.78, 5) is 27.1. The standard InChI is InChI=1S/C19H21N3O2S/c1-13-8-11-25-17(13)6-7-18(23)21-15-12-14(19(20)24)4-5-16(15)22-9-2-3-10-22/h4-8,11-12H,2-3,9-10H2,1H3,(H2,20,24)(H,21,23)/b7-6+. The van der Waals surface area contributed by atoms with Crippen molar-refractivity contribution in [1.82, 2.24) is 0 Å². The van der Waals surface area contributed by atoms with Crippen molar-refractivity contribution in [2.75, 3.05) is 23.3 Å². The van der Waals surface area contributed by atoms with E-state index in [0.717, 1.165) is 42.1 Å². The maximum atomic E-state index is 12.3. The van der Waals surface area contributed by atoms with Gasteiger partial charge in [-0.2, -0.15) is 0 Å². The number of carbonyl (C=O) groups is 2. The zero-order valence-electron chi connectivity index (χ0n) is 14.1. The minimum Gasteiger partial charge on any atom is -0.370 e. The van der Waals surface area contributed by atoms with Crippen LogP contribution in [0.5, 0.6) is 0 Å². The number of rotatable bonds is 5. The first-order valence-corrected chi connectivity index (χ1v) is 9.14. The van der Waals surface area contributed by atoms with E-state index in [2.05, 4.69) is 10.2 Å². The summed E-state index contributed by atoms with van der Waals surface area (Å²) in [5.41, 5.74) is 8.45. The van der Waals surface area contributed by atoms with Crippen molar-refractivity contribution in [3.05, 3.63) is 51.7 Å². The second-order valence-corrected chi connectivity index (χ2v) is 7.03. The number of amides is 2. The van der Waals surface area contributed by atoms with Crippen LogP contribution in [-0.2, 0) is 4.79 Å². The van der Waals surface area contributed by atoms with Crippen molar-refractivity contribution in [1.29, 1.82) is 0 Å². The van der Waals surface area contributed by atoms with Gasteiger partial charge in [0, 0.05) is 29.6 Å². The van der Waals surface area contributed by atoms with Gasteiger partial charge >= 0.3 is 0 Å². The number of hydrogen-bond donors (Lipinski definition) is 2. The van der Waals surface area contributed by atoms with E-state index in [-0.39, 0.29) is 5.91 Å². The Bertz CT molecular complexity index is 820. The highest BCUT2D eigenvalue weighted by Gasteiger charge is 2.18. The van der Waals surface area contributed by atoms with Gasteiger partial charge in [-0.15, -0.1) is 11.3 Å². The molecular formula is C19H21N3O2S. The molecule has 0 unspecified atom stereocenters. The van der Waals surface area contributed by atoms with Gasteiger partial charge in [-0.05, 0) is 61.1 Å². The third-order valence-electron chi connectivity index (χ3n) is 4.27. The second-order valence-electron chi connectivity index (χ2n) is 6.08. The number of benzene rings is 1. The van der Waals surface area contributed by atoms with E-state index in [1.54, 1.807) is 23.5 Å². The second kappa shape index (κ2) is 7.53. The molecule has 25 heavy (non-hydrogen) atoms. The Labute approximate surface area is 151 Å². The largest absolute Gasteiger partial charge is 0.370 e. The van der Waals surface area contributed by atoms with Crippen LogP contribution < -0.4 is 16.0 Å². The van der Waals surface area contributed by atoms with Crippen molar-refractivity contribution in [2.24, 2.45) is 5.73 Å². The molecule has 0 bridgehead atoms. The van der Waals surface area contributed by atoms with Crippen LogP contribution in [0, 0.1) is 6.92 Å². The molecule has 0 atom stereocenters. The number of nitrogens with two attached hydrogens (primary N) is 1. The summed E-state index contributed by atoms with van der Waals surface area (Å²) < 4.78 is 0. The summed E-state index contributed by atoms with van der Waals surface area (Å²) in [6, 6.07) is 7.23. The van der Waals surface area contributed by atoms with E-state index in [1.165, 1.54) is 6.08 Å². The SMILES string of the molecule is Cc1ccsc1/C=C/C(=O)Nc1cc(C(N)=O)ccc1N1CCCC1. The molecule has 1 aliphatic heterocycles. The van der Waals surface area contributed by atoms with E-state index in [1.807, 2.05) is 30.5 Å². The zero-order valence-corrected chi connectivity index (χ0v) is 14.9. The van der Waals surface area contributed by atoms with Crippen LogP contribution in [0.25, 0.3) is 6.08 Å². The minimum atomic E-state index is -0.506. The summed E-state index contributed by atoms with van der Waals surface area (Å²) in [6.07, 6.45) is 5.58. The monoisotopic (exact) mass is 355 g/mol. The summed E-state index contributed by atoms with van der Waals surface area (Å²) in [7, 11) is 0. The summed E-state index contributed by atoms with van der Waals surface area (Å²) >= 11 is 1.59. The number of carbonyl (C=O) groups excluding carboxylic acids is 2. The van der Waals surface area contributed by atoms with Crippen LogP contribution in [-0.4, -0.2) is 24.9 Å². The minimum absolute atomic E-state index is 0.227. The van der Waals surface area contributed by atoms with Gasteiger partial charge < -0.3 is 16.0 Å². The average Bonchev–Trinajstić information content (AvgIpc) is 3.24. The lowest BCUT2D eigenvalue weighted by atomic mass is 10.1. The fraction of sp³-hybridized carbons (Fsp3) is 0.263. The maximum absolute atomic E-state index is 12.3. The molecule has 6 heteroatoms. The van der Waals surface area contributed by atoms with E-state index in [9.17, 15) is 9.59 Å². The van der Waals surface area contributed by atoms with E-state index in [0.29, 0.717) is 11.3 Å². The van der Waals surface area contributed by atoms with Crippen LogP contribution in [0.1, 0.15) is 33.6 Å². The first-order valence-electron chi connectivity index (χ1n) is 8.26. The topological polar surface area (TPSA) is 75.4 Å². The van der Waals surface area contributed by atoms with Gasteiger partial charge in [-0.25, -0.2) is 0 Å². The zero-order chi connectivity index (χ0) is 17.8. The molecule has 5 nitrogen and oxygen atoms in total. The number of primary amides is 1. The Hall–Kier alpha value is -2.60. The quantitative estimate of drug-likeness (QED) is 0.807. The molecule has 0 spiro atoms. The fourth-order valence-corrected chi connectivity index (χ4v) is 3.72. The molecule has 3 N–H and O–H groups in total. The molecule has 1 aliphatic rings. The van der Waals surface area contributed by atoms with Crippen LogP contribution in [0.15, 0.2) is 35.7 Å². The van der Waals surface area contributed by atoms with Crippen LogP contribution >= 0.6 is 11.3 Å². The molecule has 0 radical (unpaired) electrons. The van der Waals surface area contributed by atoms with Crippen LogP contribution in [0.2, 0.25) is 0 Å². The number of nitrogens with one attached hydrogen (secondary N) is 1. The van der Waals surface area contributed by atoms with E-state index >= 15 is 0 Å². The Morgan fingerprint density at radius 3 is 2.64 bits per heavy atom. The predicted octanol–water partition coefficient (Wildman–Crippen LogP) is 3.41. The maximum Gasteiger partial charge on any atom is 0.248 e. The Morgan fingerprint density at radius 1 is 1.24 bits per heavy atom. The average molecular weight is 355 g/mol. The van der Waals surface area contributed by atoms with Gasteiger partial charge in [0.25, 0.3) is 0 Å². The highest BCUT2D eigenvalue weighted by atomic mass is 32.1. The lowest BCUT2D eigenvalue weighted by molar-refractivity contribution is -0.111. The van der Waals surface area contributed by atoms with Crippen molar-refractivity contribution in [2.45, 2.75) is 19.8 Å². The molecule has 2 aromatic rings. The lowest BCUT2D eigenvalue weighted by Gasteiger charge is -2.21. The lowest BCUT2D eigenvalue weighted by Crippen LogP contribution is -2.21. The fourth-order valence-electron chi connectivity index (χ4n) is 2.90. The van der Waals surface area contributed by atoms with Gasteiger partial charge in [-0.1, -0.05) is 0 Å². The molecule has 1 fully saturated rings. The van der Waals surface area contributed by atoms with Gasteiger partial charge in [-0.3, -0.25) is 9.59 Å². The van der Waals surface area contributed by atoms with Crippen LogP contribution in [0.4, 0.5) is 11.4 Å². The molecule has 1 aromatic carbocycles. The molecule has 0 aliphatic carbocycles. The molecule has 1 saturated heterocycles. The first kappa shape index (κ1) is 17.2. The Balaban J connectivity index is 1.82. The highest BCUT2D eigenvalue weighted by molar-refractivity contribution is 7.11. The molecule has 2 heterocycles. The van der Waals surface area contributed by atoms with E-state index < -0.39 is 5.91 Å². The highest BCUT2D eigenvalue weighted by Crippen LogP contribution is 2.30. The Morgan fingerprint density at radius 2 is 2.00 bits per heavy atom. The molecule has 3 rings (SSSR count). The summed E-state index contributed by atoms with van der Waals surface area (Å²) in [6.45, 7) is 3.90. The molecule has 0 saturated carbocycles. The van der Waals surface area contributed by atoms with Crippen LogP contribution in [0.3, 0.4) is 0 Å². The van der Waals surface area contributed by atoms with Gasteiger partial charge in [0.05, 0.1) is 11.4 Å². The van der Waals surface area contributed by atoms with Gasteiger partial charge in [0.1, 0.15) is 0 Å². The summed E-state index contributed by atoms with van der Waals surface area (Å²) in [5, 5.41) is 4.89.